The number of carboxylic acids is 1. The molecule has 0 aliphatic carbocycles. The molecule has 1 heterocycles. The van der Waals surface area contributed by atoms with Gasteiger partial charge in [-0.3, -0.25) is 10.1 Å². The van der Waals surface area contributed by atoms with E-state index < -0.39 is 10.9 Å². The molecule has 0 amide bonds. The maximum Gasteiger partial charge on any atom is 0.347 e. The zero-order valence-corrected chi connectivity index (χ0v) is 12.2. The first-order chi connectivity index (χ1) is 9.38. The average Bonchev–Trinajstić information content (AvgIpc) is 2.70. The Morgan fingerprint density at radius 2 is 2.15 bits per heavy atom. The van der Waals surface area contributed by atoms with Crippen LogP contribution in [0.1, 0.15) is 20.9 Å². The van der Waals surface area contributed by atoms with Gasteiger partial charge in [0.2, 0.25) is 0 Å². The molecule has 0 saturated heterocycles. The monoisotopic (exact) mass is 310 g/mol. The van der Waals surface area contributed by atoms with E-state index in [0.29, 0.717) is 14.9 Å². The highest BCUT2D eigenvalue weighted by molar-refractivity contribution is 8.01. The topological polar surface area (TPSA) is 93.3 Å². The summed E-state index contributed by atoms with van der Waals surface area (Å²) in [6.07, 6.45) is 0. The Morgan fingerprint density at radius 3 is 2.70 bits per heavy atom. The van der Waals surface area contributed by atoms with Gasteiger partial charge in [-0.25, -0.2) is 9.78 Å². The van der Waals surface area contributed by atoms with Crippen molar-refractivity contribution < 1.29 is 14.8 Å². The van der Waals surface area contributed by atoms with Crippen LogP contribution in [0.25, 0.3) is 0 Å². The predicted octanol–water partition coefficient (Wildman–Crippen LogP) is 3.52. The standard InChI is InChI=1S/C12H10N2O4S2/c1-6-3-4-8(14(17)18)9(5-6)19-12-13-7(2)10(20-12)11(15)16/h3-5H,1-2H3,(H,15,16). The van der Waals surface area contributed by atoms with Crippen LogP contribution >= 0.6 is 23.1 Å². The summed E-state index contributed by atoms with van der Waals surface area (Å²) in [6, 6.07) is 4.80. The second kappa shape index (κ2) is 5.59. The Kier molecular flexibility index (Phi) is 4.05. The van der Waals surface area contributed by atoms with E-state index in [0.717, 1.165) is 28.7 Å². The lowest BCUT2D eigenvalue weighted by molar-refractivity contribution is -0.387. The van der Waals surface area contributed by atoms with Gasteiger partial charge in [0, 0.05) is 6.07 Å². The molecule has 8 heteroatoms. The van der Waals surface area contributed by atoms with Crippen LogP contribution in [0.3, 0.4) is 0 Å². The molecule has 0 spiro atoms. The van der Waals surface area contributed by atoms with Gasteiger partial charge in [0.05, 0.1) is 15.5 Å². The van der Waals surface area contributed by atoms with Gasteiger partial charge >= 0.3 is 5.97 Å². The minimum Gasteiger partial charge on any atom is -0.477 e. The van der Waals surface area contributed by atoms with Crippen LogP contribution in [-0.2, 0) is 0 Å². The second-order valence-electron chi connectivity index (χ2n) is 4.03. The lowest BCUT2D eigenvalue weighted by Gasteiger charge is -2.01. The molecule has 0 atom stereocenters. The number of aryl methyl sites for hydroxylation is 2. The molecule has 0 saturated carbocycles. The van der Waals surface area contributed by atoms with Gasteiger partial charge in [0.15, 0.2) is 4.34 Å². The number of nitrogens with zero attached hydrogens (tertiary/aromatic N) is 2. The number of benzene rings is 1. The Morgan fingerprint density at radius 1 is 1.45 bits per heavy atom. The summed E-state index contributed by atoms with van der Waals surface area (Å²) in [5.74, 6) is -1.04. The first-order valence-corrected chi connectivity index (χ1v) is 7.15. The van der Waals surface area contributed by atoms with Crippen LogP contribution in [0.2, 0.25) is 0 Å². The Bertz CT molecular complexity index is 697. The van der Waals surface area contributed by atoms with Gasteiger partial charge in [-0.05, 0) is 25.5 Å². The summed E-state index contributed by atoms with van der Waals surface area (Å²) in [6.45, 7) is 3.44. The van der Waals surface area contributed by atoms with Gasteiger partial charge < -0.3 is 5.11 Å². The number of thiazole rings is 1. The zero-order chi connectivity index (χ0) is 14.9. The molecule has 104 valence electrons. The summed E-state index contributed by atoms with van der Waals surface area (Å²) in [5.41, 5.74) is 1.30. The number of aromatic nitrogens is 1. The number of carbonyl (C=O) groups is 1. The average molecular weight is 310 g/mol. The molecule has 2 rings (SSSR count). The fourth-order valence-electron chi connectivity index (χ4n) is 1.56. The van der Waals surface area contributed by atoms with E-state index in [2.05, 4.69) is 4.98 Å². The minimum absolute atomic E-state index is 0.00896. The van der Waals surface area contributed by atoms with Crippen molar-refractivity contribution in [2.45, 2.75) is 23.1 Å². The highest BCUT2D eigenvalue weighted by Crippen LogP contribution is 2.38. The van der Waals surface area contributed by atoms with E-state index in [-0.39, 0.29) is 10.6 Å². The van der Waals surface area contributed by atoms with Gasteiger partial charge in [-0.1, -0.05) is 17.8 Å². The SMILES string of the molecule is Cc1ccc([N+](=O)[O-])c(Sc2nc(C)c(C(=O)O)s2)c1. The Hall–Kier alpha value is -1.93. The molecule has 2 aromatic rings. The quantitative estimate of drug-likeness (QED) is 0.686. The number of aromatic carboxylic acids is 1. The first kappa shape index (κ1) is 14.5. The number of rotatable bonds is 4. The third kappa shape index (κ3) is 2.97. The maximum atomic E-state index is 11.0. The smallest absolute Gasteiger partial charge is 0.347 e. The molecule has 0 bridgehead atoms. The fourth-order valence-corrected chi connectivity index (χ4v) is 3.75. The third-order valence-electron chi connectivity index (χ3n) is 2.48. The van der Waals surface area contributed by atoms with Crippen LogP contribution in [0.4, 0.5) is 5.69 Å². The zero-order valence-electron chi connectivity index (χ0n) is 10.6. The molecule has 20 heavy (non-hydrogen) atoms. The van der Waals surface area contributed by atoms with E-state index in [1.165, 1.54) is 6.07 Å². The molecular formula is C12H10N2O4S2. The van der Waals surface area contributed by atoms with Gasteiger partial charge in [-0.15, -0.1) is 11.3 Å². The number of hydrogen-bond donors (Lipinski definition) is 1. The number of nitro groups is 1. The number of carboxylic acid groups (broad SMARTS) is 1. The van der Waals surface area contributed by atoms with Crippen molar-refractivity contribution in [3.63, 3.8) is 0 Å². The van der Waals surface area contributed by atoms with Crippen LogP contribution < -0.4 is 0 Å². The van der Waals surface area contributed by atoms with E-state index in [4.69, 9.17) is 5.11 Å². The van der Waals surface area contributed by atoms with Crippen molar-refractivity contribution in [1.29, 1.82) is 0 Å². The van der Waals surface area contributed by atoms with Crippen LogP contribution in [0.15, 0.2) is 27.4 Å². The number of hydrogen-bond acceptors (Lipinski definition) is 6. The van der Waals surface area contributed by atoms with Crippen molar-refractivity contribution in [2.24, 2.45) is 0 Å². The lowest BCUT2D eigenvalue weighted by atomic mass is 10.2. The molecule has 1 aromatic carbocycles. The predicted molar refractivity (Wildman–Crippen MR) is 75.8 cm³/mol. The van der Waals surface area contributed by atoms with Crippen LogP contribution in [0.5, 0.6) is 0 Å². The van der Waals surface area contributed by atoms with E-state index in [1.54, 1.807) is 19.1 Å². The summed E-state index contributed by atoms with van der Waals surface area (Å²) in [4.78, 5) is 26.2. The summed E-state index contributed by atoms with van der Waals surface area (Å²) >= 11 is 2.13. The second-order valence-corrected chi connectivity index (χ2v) is 6.32. The molecule has 0 fully saturated rings. The van der Waals surface area contributed by atoms with Crippen molar-refractivity contribution in [3.8, 4) is 0 Å². The fraction of sp³-hybridized carbons (Fsp3) is 0.167. The summed E-state index contributed by atoms with van der Waals surface area (Å²) < 4.78 is 0.480. The van der Waals surface area contributed by atoms with E-state index in [1.807, 2.05) is 6.92 Å². The first-order valence-electron chi connectivity index (χ1n) is 5.52. The van der Waals surface area contributed by atoms with Crippen molar-refractivity contribution in [2.75, 3.05) is 0 Å². The van der Waals surface area contributed by atoms with E-state index >= 15 is 0 Å². The third-order valence-corrected chi connectivity index (χ3v) is 4.73. The summed E-state index contributed by atoms with van der Waals surface area (Å²) in [5, 5.41) is 20.0. The Balaban J connectivity index is 2.39. The highest BCUT2D eigenvalue weighted by Gasteiger charge is 2.19. The van der Waals surface area contributed by atoms with Crippen LogP contribution in [0, 0.1) is 24.0 Å². The van der Waals surface area contributed by atoms with Gasteiger partial charge in [-0.2, -0.15) is 0 Å². The Labute approximate surface area is 122 Å². The van der Waals surface area contributed by atoms with E-state index in [9.17, 15) is 14.9 Å². The van der Waals surface area contributed by atoms with Crippen molar-refractivity contribution >= 4 is 34.8 Å². The molecule has 0 aliphatic heterocycles. The van der Waals surface area contributed by atoms with Crippen LogP contribution in [-0.4, -0.2) is 21.0 Å². The highest BCUT2D eigenvalue weighted by atomic mass is 32.2. The molecule has 0 aliphatic rings. The normalized spacial score (nSPS) is 10.5. The van der Waals surface area contributed by atoms with Gasteiger partial charge in [0.1, 0.15) is 4.88 Å². The van der Waals surface area contributed by atoms with Gasteiger partial charge in [0.25, 0.3) is 5.69 Å². The largest absolute Gasteiger partial charge is 0.477 e. The molecule has 6 nitrogen and oxygen atoms in total. The molecular weight excluding hydrogens is 300 g/mol. The molecule has 1 N–H and O–H groups in total. The van der Waals surface area contributed by atoms with Crippen molar-refractivity contribution in [3.05, 3.63) is 44.4 Å². The molecule has 0 radical (unpaired) electrons. The molecule has 1 aromatic heterocycles. The number of nitro benzene ring substituents is 1. The summed E-state index contributed by atoms with van der Waals surface area (Å²) in [7, 11) is 0. The lowest BCUT2D eigenvalue weighted by Crippen LogP contribution is -1.94. The minimum atomic E-state index is -1.04. The van der Waals surface area contributed by atoms with Crippen molar-refractivity contribution in [1.82, 2.24) is 4.98 Å². The molecule has 0 unspecified atom stereocenters. The maximum absolute atomic E-state index is 11.0.